The van der Waals surface area contributed by atoms with Crippen LogP contribution in [0.2, 0.25) is 0 Å². The Labute approximate surface area is 253 Å². The van der Waals surface area contributed by atoms with Crippen LogP contribution in [0, 0.1) is 23.7 Å². The smallest absolute Gasteiger partial charge is 0.258 e. The van der Waals surface area contributed by atoms with Gasteiger partial charge in [0.2, 0.25) is 5.91 Å². The van der Waals surface area contributed by atoms with Crippen LogP contribution >= 0.6 is 11.3 Å². The number of aromatic nitrogens is 3. The van der Waals surface area contributed by atoms with E-state index in [-0.39, 0.29) is 17.2 Å². The fourth-order valence-electron chi connectivity index (χ4n) is 8.31. The predicted octanol–water partition coefficient (Wildman–Crippen LogP) is 7.49. The molecule has 0 N–H and O–H groups in total. The topological polar surface area (TPSA) is 81.3 Å². The number of hydrogen-bond acceptors (Lipinski definition) is 7. The van der Waals surface area contributed by atoms with Crippen molar-refractivity contribution in [3.63, 3.8) is 0 Å². The van der Waals surface area contributed by atoms with Crippen LogP contribution in [0.5, 0.6) is 0 Å². The molecule has 5 aliphatic carbocycles. The molecule has 11 rings (SSSR count). The molecule has 7 fully saturated rings. The van der Waals surface area contributed by atoms with Crippen LogP contribution < -0.4 is 4.90 Å². The summed E-state index contributed by atoms with van der Waals surface area (Å²) in [5, 5.41) is 5.30. The Bertz CT molecular complexity index is 1730. The molecule has 1 unspecified atom stereocenters. The molecule has 4 aromatic rings. The Balaban J connectivity index is 1.02. The molecule has 2 aromatic heterocycles. The number of amides is 1. The molecule has 0 spiro atoms. The first kappa shape index (κ1) is 26.3. The van der Waals surface area contributed by atoms with Crippen LogP contribution in [0.25, 0.3) is 21.3 Å². The maximum absolute atomic E-state index is 14.7. The number of carbonyl (C=O) groups excluding carboxylic acids is 1. The summed E-state index contributed by atoms with van der Waals surface area (Å²) in [5.74, 6) is 1.99. The number of thiazole rings is 1. The monoisotopic (exact) mass is 598 g/mol. The van der Waals surface area contributed by atoms with Crippen LogP contribution in [0.3, 0.4) is 0 Å². The van der Waals surface area contributed by atoms with E-state index in [1.165, 1.54) is 0 Å². The summed E-state index contributed by atoms with van der Waals surface area (Å²) in [4.78, 5) is 25.8. The lowest BCUT2D eigenvalue weighted by atomic mass is 9.64. The zero-order chi connectivity index (χ0) is 29.0. The first-order chi connectivity index (χ1) is 20.8. The molecule has 7 aliphatic rings. The number of anilines is 1. The molecular weight excluding hydrogens is 563 g/mol. The van der Waals surface area contributed by atoms with Gasteiger partial charge in [0.1, 0.15) is 11.8 Å². The Morgan fingerprint density at radius 2 is 1.86 bits per heavy atom. The molecular formula is C34H35FN4O3S. The summed E-state index contributed by atoms with van der Waals surface area (Å²) in [6, 6.07) is 14.7. The summed E-state index contributed by atoms with van der Waals surface area (Å²) in [6.07, 6.45) is 6.51. The molecule has 5 saturated carbocycles. The lowest BCUT2D eigenvalue weighted by Gasteiger charge is -2.53. The van der Waals surface area contributed by atoms with Gasteiger partial charge in [-0.2, -0.15) is 4.98 Å². The second kappa shape index (κ2) is 9.17. The van der Waals surface area contributed by atoms with E-state index in [0.717, 1.165) is 76.4 Å². The molecule has 9 heteroatoms. The molecule has 2 saturated heterocycles. The number of fused-ring (bicyclic) bond motifs is 5. The van der Waals surface area contributed by atoms with Crippen molar-refractivity contribution in [1.82, 2.24) is 15.1 Å². The summed E-state index contributed by atoms with van der Waals surface area (Å²) < 4.78 is 28.2. The quantitative estimate of drug-likeness (QED) is 0.219. The number of aryl methyl sites for hydroxylation is 1. The van der Waals surface area contributed by atoms with Gasteiger partial charge >= 0.3 is 0 Å². The van der Waals surface area contributed by atoms with Crippen molar-refractivity contribution in [3.05, 3.63) is 59.2 Å². The third-order valence-corrected chi connectivity index (χ3v) is 12.1. The van der Waals surface area contributed by atoms with E-state index >= 15 is 0 Å². The van der Waals surface area contributed by atoms with Crippen LogP contribution in [0.1, 0.15) is 80.4 Å². The normalized spacial score (nSPS) is 32.7. The highest BCUT2D eigenvalue weighted by Gasteiger charge is 2.63. The standard InChI is InChI=1S/C34H35FN4O3S/c1-20-36-27-8-7-23(14-28(27)43-20)22-3-2-4-25(13-22)39(31(40)33-15-24(16-33)26(35)17-33)18-32-9-11-34(12-10-32,41-19-32)30-37-29(38-42-30)21-5-6-21/h2-4,7-8,13-14,21,24,26H,5-6,9-12,15-19H2,1H3. The van der Waals surface area contributed by atoms with E-state index in [9.17, 15) is 9.18 Å². The van der Waals surface area contributed by atoms with E-state index in [1.54, 1.807) is 11.3 Å². The van der Waals surface area contributed by atoms with Gasteiger partial charge in [0.15, 0.2) is 5.82 Å². The largest absolute Gasteiger partial charge is 0.364 e. The van der Waals surface area contributed by atoms with E-state index in [1.807, 2.05) is 24.0 Å². The third-order valence-electron chi connectivity index (χ3n) is 11.1. The van der Waals surface area contributed by atoms with Crippen LogP contribution in [0.15, 0.2) is 47.0 Å². The van der Waals surface area contributed by atoms with Crippen molar-refractivity contribution < 1.29 is 18.4 Å². The Hall–Kier alpha value is -3.17. The van der Waals surface area contributed by atoms with Crippen LogP contribution in [0.4, 0.5) is 10.1 Å². The van der Waals surface area contributed by atoms with Gasteiger partial charge in [-0.05, 0) is 106 Å². The van der Waals surface area contributed by atoms with Crippen LogP contribution in [-0.2, 0) is 15.1 Å². The highest BCUT2D eigenvalue weighted by Crippen LogP contribution is 2.61. The van der Waals surface area contributed by atoms with Crippen molar-refractivity contribution in [2.45, 2.75) is 82.4 Å². The number of halogens is 1. The number of ether oxygens (including phenoxy) is 1. The average Bonchev–Trinajstić information content (AvgIpc) is 3.31. The maximum Gasteiger partial charge on any atom is 0.258 e. The number of hydrogen-bond donors (Lipinski definition) is 0. The van der Waals surface area contributed by atoms with Gasteiger partial charge in [-0.25, -0.2) is 9.37 Å². The zero-order valence-electron chi connectivity index (χ0n) is 24.4. The van der Waals surface area contributed by atoms with Gasteiger partial charge in [-0.1, -0.05) is 23.4 Å². The third kappa shape index (κ3) is 4.14. The Kier molecular flexibility index (Phi) is 5.60. The molecule has 1 atom stereocenters. The Morgan fingerprint density at radius 1 is 1.05 bits per heavy atom. The minimum absolute atomic E-state index is 0.0353. The molecule has 222 valence electrons. The molecule has 4 bridgehead atoms. The predicted molar refractivity (Wildman–Crippen MR) is 162 cm³/mol. The average molecular weight is 599 g/mol. The zero-order valence-corrected chi connectivity index (χ0v) is 25.2. The first-order valence-corrected chi connectivity index (χ1v) is 16.6. The highest BCUT2D eigenvalue weighted by atomic mass is 32.1. The minimum Gasteiger partial charge on any atom is -0.364 e. The molecule has 43 heavy (non-hydrogen) atoms. The summed E-state index contributed by atoms with van der Waals surface area (Å²) in [5.41, 5.74) is 2.79. The molecule has 4 heterocycles. The van der Waals surface area contributed by atoms with E-state index in [4.69, 9.17) is 14.2 Å². The SMILES string of the molecule is Cc1nc2ccc(-c3cccc(N(CC45CCC(c6nc(C7CC7)no6)(CC4)OC5)C(=O)C45CC(F)C(C4)C5)c3)cc2s1. The van der Waals surface area contributed by atoms with E-state index < -0.39 is 17.2 Å². The summed E-state index contributed by atoms with van der Waals surface area (Å²) >= 11 is 1.69. The van der Waals surface area contributed by atoms with Crippen molar-refractivity contribution in [2.75, 3.05) is 18.1 Å². The first-order valence-electron chi connectivity index (χ1n) is 15.7. The lowest BCUT2D eigenvalue weighted by Crippen LogP contribution is -2.57. The van der Waals surface area contributed by atoms with Gasteiger partial charge in [-0.3, -0.25) is 4.79 Å². The molecule has 0 radical (unpaired) electrons. The van der Waals surface area contributed by atoms with E-state index in [2.05, 4.69) is 40.5 Å². The van der Waals surface area contributed by atoms with Gasteiger partial charge in [-0.15, -0.1) is 11.3 Å². The van der Waals surface area contributed by atoms with Crippen LogP contribution in [-0.4, -0.2) is 40.4 Å². The molecule has 7 nitrogen and oxygen atoms in total. The second-order valence-electron chi connectivity index (χ2n) is 14.0. The molecule has 1 amide bonds. The fraction of sp³-hybridized carbons (Fsp3) is 0.529. The lowest BCUT2D eigenvalue weighted by molar-refractivity contribution is -0.198. The van der Waals surface area contributed by atoms with Gasteiger partial charge in [0, 0.05) is 23.6 Å². The van der Waals surface area contributed by atoms with Crippen molar-refractivity contribution >= 4 is 33.1 Å². The number of carbonyl (C=O) groups is 1. The van der Waals surface area contributed by atoms with E-state index in [0.29, 0.717) is 44.2 Å². The van der Waals surface area contributed by atoms with Crippen molar-refractivity contribution in [2.24, 2.45) is 16.7 Å². The minimum atomic E-state index is -0.867. The molecule has 2 aromatic carbocycles. The second-order valence-corrected chi connectivity index (χ2v) is 15.3. The number of rotatable bonds is 7. The van der Waals surface area contributed by atoms with Gasteiger partial charge < -0.3 is 14.2 Å². The number of nitrogens with zero attached hydrogens (tertiary/aromatic N) is 4. The molecule has 2 aliphatic heterocycles. The van der Waals surface area contributed by atoms with Crippen molar-refractivity contribution in [3.8, 4) is 11.1 Å². The van der Waals surface area contributed by atoms with Gasteiger partial charge in [0.05, 0.1) is 27.2 Å². The maximum atomic E-state index is 14.7. The Morgan fingerprint density at radius 3 is 2.58 bits per heavy atom. The van der Waals surface area contributed by atoms with Crippen molar-refractivity contribution in [1.29, 1.82) is 0 Å². The number of benzene rings is 2. The summed E-state index contributed by atoms with van der Waals surface area (Å²) in [6.45, 7) is 3.14. The fourth-order valence-corrected chi connectivity index (χ4v) is 9.18. The highest BCUT2D eigenvalue weighted by molar-refractivity contribution is 7.18. The number of alkyl halides is 1. The summed E-state index contributed by atoms with van der Waals surface area (Å²) in [7, 11) is 0. The van der Waals surface area contributed by atoms with Gasteiger partial charge in [0.25, 0.3) is 5.89 Å².